The molecule has 102 valence electrons. The zero-order valence-electron chi connectivity index (χ0n) is 11.1. The molecule has 0 spiro atoms. The lowest BCUT2D eigenvalue weighted by atomic mass is 10.0. The maximum absolute atomic E-state index is 6.33. The van der Waals surface area contributed by atoms with Crippen molar-refractivity contribution in [2.24, 2.45) is 5.73 Å². The summed E-state index contributed by atoms with van der Waals surface area (Å²) in [5.74, 6) is 0.567. The van der Waals surface area contributed by atoms with Gasteiger partial charge in [-0.2, -0.15) is 0 Å². The van der Waals surface area contributed by atoms with E-state index in [1.165, 1.54) is 22.0 Å². The number of nitrogens with two attached hydrogens (primary N) is 1. The first-order valence-corrected chi connectivity index (χ1v) is 7.22. The molecule has 2 N–H and O–H groups in total. The molecular formula is C15H15N3OS. The Hall–Kier alpha value is -1.98. The van der Waals surface area contributed by atoms with Crippen LogP contribution in [0.4, 0.5) is 0 Å². The standard InChI is InChI=1S/C15H15N3OS/c1-19-15-7-10(17-9-18-15)6-13(16)12-8-20-14-5-3-2-4-11(12)14/h2-5,7-9,13H,6,16H2,1H3. The zero-order valence-corrected chi connectivity index (χ0v) is 11.9. The maximum atomic E-state index is 6.33. The normalized spacial score (nSPS) is 12.5. The molecule has 0 saturated heterocycles. The number of methoxy groups -OCH3 is 1. The number of rotatable bonds is 4. The Morgan fingerprint density at radius 2 is 2.15 bits per heavy atom. The van der Waals surface area contributed by atoms with Gasteiger partial charge >= 0.3 is 0 Å². The van der Waals surface area contributed by atoms with Crippen LogP contribution in [0, 0.1) is 0 Å². The fraction of sp³-hybridized carbons (Fsp3) is 0.200. The van der Waals surface area contributed by atoms with Crippen LogP contribution in [-0.2, 0) is 6.42 Å². The molecule has 3 aromatic rings. The van der Waals surface area contributed by atoms with Crippen LogP contribution in [0.3, 0.4) is 0 Å². The Labute approximate surface area is 121 Å². The fourth-order valence-corrected chi connectivity index (χ4v) is 3.25. The molecular weight excluding hydrogens is 270 g/mol. The monoisotopic (exact) mass is 285 g/mol. The van der Waals surface area contributed by atoms with E-state index in [-0.39, 0.29) is 6.04 Å². The largest absolute Gasteiger partial charge is 0.481 e. The molecule has 0 bridgehead atoms. The number of benzene rings is 1. The number of ether oxygens (including phenoxy) is 1. The van der Waals surface area contributed by atoms with Gasteiger partial charge in [-0.1, -0.05) is 18.2 Å². The van der Waals surface area contributed by atoms with Crippen molar-refractivity contribution in [1.29, 1.82) is 0 Å². The minimum atomic E-state index is -0.0780. The molecule has 5 heteroatoms. The van der Waals surface area contributed by atoms with Crippen LogP contribution in [-0.4, -0.2) is 17.1 Å². The quantitative estimate of drug-likeness (QED) is 0.800. The molecule has 1 aromatic carbocycles. The molecule has 0 saturated carbocycles. The van der Waals surface area contributed by atoms with Gasteiger partial charge in [-0.25, -0.2) is 9.97 Å². The molecule has 0 aliphatic heterocycles. The van der Waals surface area contributed by atoms with E-state index in [0.29, 0.717) is 12.3 Å². The number of hydrogen-bond donors (Lipinski definition) is 1. The number of aromatic nitrogens is 2. The van der Waals surface area contributed by atoms with Crippen LogP contribution < -0.4 is 10.5 Å². The van der Waals surface area contributed by atoms with Crippen molar-refractivity contribution in [3.8, 4) is 5.88 Å². The van der Waals surface area contributed by atoms with E-state index >= 15 is 0 Å². The Bertz CT molecular complexity index is 726. The summed E-state index contributed by atoms with van der Waals surface area (Å²) in [6.45, 7) is 0. The van der Waals surface area contributed by atoms with E-state index in [9.17, 15) is 0 Å². The van der Waals surface area contributed by atoms with Crippen LogP contribution >= 0.6 is 11.3 Å². The Balaban J connectivity index is 1.87. The van der Waals surface area contributed by atoms with Crippen LogP contribution in [0.5, 0.6) is 5.88 Å². The van der Waals surface area contributed by atoms with Crippen molar-refractivity contribution in [3.63, 3.8) is 0 Å². The second kappa shape index (κ2) is 5.56. The van der Waals surface area contributed by atoms with Gasteiger partial charge < -0.3 is 10.5 Å². The van der Waals surface area contributed by atoms with Gasteiger partial charge in [-0.05, 0) is 22.4 Å². The van der Waals surface area contributed by atoms with Gasteiger partial charge in [-0.15, -0.1) is 11.3 Å². The summed E-state index contributed by atoms with van der Waals surface area (Å²) < 4.78 is 6.37. The molecule has 1 unspecified atom stereocenters. The highest BCUT2D eigenvalue weighted by Gasteiger charge is 2.13. The predicted molar refractivity (Wildman–Crippen MR) is 81.0 cm³/mol. The Morgan fingerprint density at radius 1 is 1.30 bits per heavy atom. The summed E-state index contributed by atoms with van der Waals surface area (Å²) in [5.41, 5.74) is 8.39. The van der Waals surface area contributed by atoms with Crippen LogP contribution in [0.1, 0.15) is 17.3 Å². The summed E-state index contributed by atoms with van der Waals surface area (Å²) in [4.78, 5) is 8.26. The number of nitrogens with zero attached hydrogens (tertiary/aromatic N) is 2. The van der Waals surface area contributed by atoms with E-state index in [2.05, 4.69) is 27.5 Å². The van der Waals surface area contributed by atoms with Gasteiger partial charge in [0.2, 0.25) is 5.88 Å². The molecule has 0 fully saturated rings. The van der Waals surface area contributed by atoms with Crippen LogP contribution in [0.25, 0.3) is 10.1 Å². The highest BCUT2D eigenvalue weighted by molar-refractivity contribution is 7.17. The van der Waals surface area contributed by atoms with E-state index in [1.807, 2.05) is 18.2 Å². The van der Waals surface area contributed by atoms with Crippen LogP contribution in [0.2, 0.25) is 0 Å². The van der Waals surface area contributed by atoms with Crippen molar-refractivity contribution in [2.75, 3.05) is 7.11 Å². The second-order valence-electron chi connectivity index (χ2n) is 4.55. The van der Waals surface area contributed by atoms with Crippen molar-refractivity contribution in [1.82, 2.24) is 9.97 Å². The molecule has 0 aliphatic rings. The summed E-state index contributed by atoms with van der Waals surface area (Å²) >= 11 is 1.72. The van der Waals surface area contributed by atoms with Gasteiger partial charge in [0.1, 0.15) is 6.33 Å². The summed E-state index contributed by atoms with van der Waals surface area (Å²) in [6, 6.07) is 10.1. The van der Waals surface area contributed by atoms with Crippen molar-refractivity contribution < 1.29 is 4.74 Å². The summed E-state index contributed by atoms with van der Waals surface area (Å²) in [7, 11) is 1.60. The lowest BCUT2D eigenvalue weighted by Gasteiger charge is -2.11. The minimum absolute atomic E-state index is 0.0780. The molecule has 20 heavy (non-hydrogen) atoms. The second-order valence-corrected chi connectivity index (χ2v) is 5.46. The predicted octanol–water partition coefficient (Wildman–Crippen LogP) is 2.94. The maximum Gasteiger partial charge on any atom is 0.216 e. The van der Waals surface area contributed by atoms with Crippen LogP contribution in [0.15, 0.2) is 42.0 Å². The molecule has 4 nitrogen and oxygen atoms in total. The van der Waals surface area contributed by atoms with Gasteiger partial charge in [0.25, 0.3) is 0 Å². The first kappa shape index (κ1) is 13.0. The lowest BCUT2D eigenvalue weighted by molar-refractivity contribution is 0.395. The molecule has 0 aliphatic carbocycles. The highest BCUT2D eigenvalue weighted by atomic mass is 32.1. The van der Waals surface area contributed by atoms with Gasteiger partial charge in [0, 0.05) is 28.9 Å². The molecule has 0 amide bonds. The summed E-state index contributed by atoms with van der Waals surface area (Å²) in [6.07, 6.45) is 2.17. The topological polar surface area (TPSA) is 61.0 Å². The van der Waals surface area contributed by atoms with E-state index < -0.39 is 0 Å². The third-order valence-electron chi connectivity index (χ3n) is 3.25. The van der Waals surface area contributed by atoms with Gasteiger partial charge in [-0.3, -0.25) is 0 Å². The van der Waals surface area contributed by atoms with E-state index in [0.717, 1.165) is 5.69 Å². The Morgan fingerprint density at radius 3 is 3.00 bits per heavy atom. The highest BCUT2D eigenvalue weighted by Crippen LogP contribution is 2.30. The first-order valence-electron chi connectivity index (χ1n) is 6.34. The average Bonchev–Trinajstić information content (AvgIpc) is 2.91. The molecule has 2 aromatic heterocycles. The van der Waals surface area contributed by atoms with E-state index in [1.54, 1.807) is 18.4 Å². The third kappa shape index (κ3) is 2.50. The third-order valence-corrected chi connectivity index (χ3v) is 4.23. The number of fused-ring (bicyclic) bond motifs is 1. The number of thiophene rings is 1. The molecule has 1 atom stereocenters. The van der Waals surface area contributed by atoms with Crippen molar-refractivity contribution >= 4 is 21.4 Å². The SMILES string of the molecule is COc1cc(CC(N)c2csc3ccccc23)ncn1. The minimum Gasteiger partial charge on any atom is -0.481 e. The molecule has 0 radical (unpaired) electrons. The smallest absolute Gasteiger partial charge is 0.216 e. The zero-order chi connectivity index (χ0) is 13.9. The Kier molecular flexibility index (Phi) is 3.62. The van der Waals surface area contributed by atoms with Gasteiger partial charge in [0.05, 0.1) is 7.11 Å². The first-order chi connectivity index (χ1) is 9.78. The fourth-order valence-electron chi connectivity index (χ4n) is 2.22. The summed E-state index contributed by atoms with van der Waals surface area (Å²) in [5, 5.41) is 3.36. The lowest BCUT2D eigenvalue weighted by Crippen LogP contribution is -2.13. The average molecular weight is 285 g/mol. The van der Waals surface area contributed by atoms with E-state index in [4.69, 9.17) is 10.5 Å². The molecule has 2 heterocycles. The van der Waals surface area contributed by atoms with Crippen molar-refractivity contribution in [2.45, 2.75) is 12.5 Å². The van der Waals surface area contributed by atoms with Gasteiger partial charge in [0.15, 0.2) is 0 Å². The van der Waals surface area contributed by atoms with Crippen molar-refractivity contribution in [3.05, 3.63) is 53.3 Å². The molecule has 3 rings (SSSR count). The number of hydrogen-bond acceptors (Lipinski definition) is 5.